The normalized spacial score (nSPS) is 24.4. The largest absolute Gasteiger partial charge is 0.493 e. The van der Waals surface area contributed by atoms with E-state index in [-0.39, 0.29) is 18.8 Å². The molecule has 7 nitrogen and oxygen atoms in total. The number of fused-ring (bicyclic) bond motifs is 3. The van der Waals surface area contributed by atoms with Gasteiger partial charge >= 0.3 is 0 Å². The SMILES string of the molecule is COc1cc2c(cc1OCCCOS(C)(=O)=O)CCN1CC(CC(C)C)C(O)CC21. The van der Waals surface area contributed by atoms with Crippen molar-refractivity contribution in [1.82, 2.24) is 4.90 Å². The average Bonchev–Trinajstić information content (AvgIpc) is 2.66. The first-order chi connectivity index (χ1) is 14.2. The van der Waals surface area contributed by atoms with E-state index in [4.69, 9.17) is 13.7 Å². The zero-order chi connectivity index (χ0) is 21.9. The molecule has 0 aromatic heterocycles. The molecule has 0 aliphatic carbocycles. The van der Waals surface area contributed by atoms with Crippen molar-refractivity contribution >= 4 is 10.1 Å². The summed E-state index contributed by atoms with van der Waals surface area (Å²) in [5.74, 6) is 2.25. The molecule has 30 heavy (non-hydrogen) atoms. The lowest BCUT2D eigenvalue weighted by atomic mass is 9.79. The Balaban J connectivity index is 1.68. The molecule has 2 heterocycles. The molecule has 2 aliphatic rings. The van der Waals surface area contributed by atoms with Crippen LogP contribution >= 0.6 is 0 Å². The monoisotopic (exact) mass is 441 g/mol. The van der Waals surface area contributed by atoms with Gasteiger partial charge in [0.25, 0.3) is 10.1 Å². The average molecular weight is 442 g/mol. The smallest absolute Gasteiger partial charge is 0.264 e. The summed E-state index contributed by atoms with van der Waals surface area (Å²) < 4.78 is 38.2. The van der Waals surface area contributed by atoms with Gasteiger partial charge in [0.15, 0.2) is 11.5 Å². The standard InChI is InChI=1S/C22H35NO6S/c1-15(2)10-17-14-23-7-6-16-11-22(28-8-5-9-29-30(4,25)26)21(27-3)12-18(16)19(23)13-20(17)24/h11-12,15,17,19-20,24H,5-10,13-14H2,1-4H3. The maximum Gasteiger partial charge on any atom is 0.264 e. The van der Waals surface area contributed by atoms with Crippen LogP contribution < -0.4 is 9.47 Å². The highest BCUT2D eigenvalue weighted by molar-refractivity contribution is 7.85. The van der Waals surface area contributed by atoms with E-state index in [2.05, 4.69) is 18.7 Å². The number of ether oxygens (including phenoxy) is 2. The Kier molecular flexibility index (Phi) is 7.66. The van der Waals surface area contributed by atoms with E-state index in [1.807, 2.05) is 12.1 Å². The van der Waals surface area contributed by atoms with Crippen molar-refractivity contribution in [2.75, 3.05) is 39.7 Å². The van der Waals surface area contributed by atoms with Crippen LogP contribution in [0.4, 0.5) is 0 Å². The van der Waals surface area contributed by atoms with Crippen molar-refractivity contribution in [1.29, 1.82) is 0 Å². The van der Waals surface area contributed by atoms with E-state index in [0.717, 1.165) is 38.6 Å². The maximum atomic E-state index is 11.0. The Bertz CT molecular complexity index is 825. The van der Waals surface area contributed by atoms with Crippen molar-refractivity contribution in [3.63, 3.8) is 0 Å². The second-order valence-electron chi connectivity index (χ2n) is 8.88. The minimum absolute atomic E-state index is 0.0958. The van der Waals surface area contributed by atoms with Crippen LogP contribution in [-0.4, -0.2) is 64.2 Å². The molecule has 0 radical (unpaired) electrons. The summed E-state index contributed by atoms with van der Waals surface area (Å²) in [6.45, 7) is 6.78. The summed E-state index contributed by atoms with van der Waals surface area (Å²) in [4.78, 5) is 2.50. The van der Waals surface area contributed by atoms with Crippen molar-refractivity contribution in [2.45, 2.75) is 51.7 Å². The number of aliphatic hydroxyl groups excluding tert-OH is 1. The molecular formula is C22H35NO6S. The zero-order valence-electron chi connectivity index (χ0n) is 18.5. The second-order valence-corrected chi connectivity index (χ2v) is 10.5. The van der Waals surface area contributed by atoms with Gasteiger partial charge in [-0.3, -0.25) is 9.08 Å². The van der Waals surface area contributed by atoms with Gasteiger partial charge in [0.2, 0.25) is 0 Å². The topological polar surface area (TPSA) is 85.3 Å². The third-order valence-electron chi connectivity index (χ3n) is 5.99. The summed E-state index contributed by atoms with van der Waals surface area (Å²) in [5.41, 5.74) is 2.45. The minimum Gasteiger partial charge on any atom is -0.493 e. The molecule has 0 saturated carbocycles. The van der Waals surface area contributed by atoms with Gasteiger partial charge in [-0.05, 0) is 54.4 Å². The van der Waals surface area contributed by atoms with Crippen LogP contribution in [0.3, 0.4) is 0 Å². The lowest BCUT2D eigenvalue weighted by Crippen LogP contribution is -2.48. The number of piperidine rings is 1. The lowest BCUT2D eigenvalue weighted by molar-refractivity contribution is -0.0191. The molecule has 3 rings (SSSR count). The Labute approximate surface area is 180 Å². The second kappa shape index (κ2) is 9.85. The highest BCUT2D eigenvalue weighted by Crippen LogP contribution is 2.43. The van der Waals surface area contributed by atoms with Gasteiger partial charge in [-0.25, -0.2) is 0 Å². The predicted octanol–water partition coefficient (Wildman–Crippen LogP) is 2.77. The highest BCUT2D eigenvalue weighted by atomic mass is 32.2. The number of aliphatic hydroxyl groups is 1. The minimum atomic E-state index is -3.43. The summed E-state index contributed by atoms with van der Waals surface area (Å²) in [5, 5.41) is 10.8. The molecule has 1 fully saturated rings. The summed E-state index contributed by atoms with van der Waals surface area (Å²) >= 11 is 0. The third-order valence-corrected chi connectivity index (χ3v) is 6.58. The number of hydrogen-bond donors (Lipinski definition) is 1. The lowest BCUT2D eigenvalue weighted by Gasteiger charge is -2.46. The van der Waals surface area contributed by atoms with E-state index >= 15 is 0 Å². The van der Waals surface area contributed by atoms with E-state index in [1.54, 1.807) is 7.11 Å². The summed E-state index contributed by atoms with van der Waals surface area (Å²) in [7, 11) is -1.80. The molecule has 3 unspecified atom stereocenters. The van der Waals surface area contributed by atoms with E-state index in [0.29, 0.717) is 36.4 Å². The molecule has 1 saturated heterocycles. The Morgan fingerprint density at radius 1 is 1.23 bits per heavy atom. The molecule has 8 heteroatoms. The predicted molar refractivity (Wildman–Crippen MR) is 115 cm³/mol. The van der Waals surface area contributed by atoms with Gasteiger partial charge in [0.05, 0.1) is 32.7 Å². The molecule has 1 N–H and O–H groups in total. The van der Waals surface area contributed by atoms with E-state index in [1.165, 1.54) is 11.1 Å². The van der Waals surface area contributed by atoms with E-state index < -0.39 is 10.1 Å². The first-order valence-electron chi connectivity index (χ1n) is 10.8. The Morgan fingerprint density at radius 2 is 2.00 bits per heavy atom. The molecule has 0 amide bonds. The molecule has 2 aliphatic heterocycles. The van der Waals surface area contributed by atoms with Crippen LogP contribution in [-0.2, 0) is 20.7 Å². The first kappa shape index (κ1) is 23.3. The molecule has 1 aromatic rings. The number of rotatable bonds is 9. The summed E-state index contributed by atoms with van der Waals surface area (Å²) in [6.07, 6.45) is 3.96. The van der Waals surface area contributed by atoms with E-state index in [9.17, 15) is 13.5 Å². The quantitative estimate of drug-likeness (QED) is 0.466. The first-order valence-corrected chi connectivity index (χ1v) is 12.6. The molecule has 0 spiro atoms. The van der Waals surface area contributed by atoms with Crippen LogP contribution in [0, 0.1) is 11.8 Å². The fraction of sp³-hybridized carbons (Fsp3) is 0.727. The van der Waals surface area contributed by atoms with Gasteiger partial charge < -0.3 is 14.6 Å². The summed E-state index contributed by atoms with van der Waals surface area (Å²) in [6, 6.07) is 4.29. The van der Waals surface area contributed by atoms with Gasteiger partial charge in [0.1, 0.15) is 0 Å². The number of methoxy groups -OCH3 is 1. The van der Waals surface area contributed by atoms with Gasteiger partial charge in [-0.15, -0.1) is 0 Å². The van der Waals surface area contributed by atoms with Crippen molar-refractivity contribution in [3.05, 3.63) is 23.3 Å². The molecule has 1 aromatic carbocycles. The molecule has 170 valence electrons. The van der Waals surface area contributed by atoms with Crippen LogP contribution in [0.5, 0.6) is 11.5 Å². The fourth-order valence-corrected chi connectivity index (χ4v) is 5.08. The van der Waals surface area contributed by atoms with Crippen molar-refractivity contribution < 1.29 is 27.2 Å². The number of nitrogens with zero attached hydrogens (tertiary/aromatic N) is 1. The van der Waals surface area contributed by atoms with Crippen LogP contribution in [0.1, 0.15) is 50.3 Å². The Morgan fingerprint density at radius 3 is 2.67 bits per heavy atom. The van der Waals surface area contributed by atoms with Crippen LogP contribution in [0.25, 0.3) is 0 Å². The van der Waals surface area contributed by atoms with Gasteiger partial charge in [-0.1, -0.05) is 13.8 Å². The van der Waals surface area contributed by atoms with Crippen LogP contribution in [0.15, 0.2) is 12.1 Å². The third kappa shape index (κ3) is 5.87. The molecule has 0 bridgehead atoms. The maximum absolute atomic E-state index is 11.0. The van der Waals surface area contributed by atoms with Gasteiger partial charge in [-0.2, -0.15) is 8.42 Å². The number of benzene rings is 1. The zero-order valence-corrected chi connectivity index (χ0v) is 19.3. The fourth-order valence-electron chi connectivity index (χ4n) is 4.66. The van der Waals surface area contributed by atoms with Gasteiger partial charge in [0, 0.05) is 25.6 Å². The Hall–Kier alpha value is -1.35. The molecule has 3 atom stereocenters. The number of hydrogen-bond acceptors (Lipinski definition) is 7. The highest BCUT2D eigenvalue weighted by Gasteiger charge is 2.38. The van der Waals surface area contributed by atoms with Crippen LogP contribution in [0.2, 0.25) is 0 Å². The van der Waals surface area contributed by atoms with Crippen molar-refractivity contribution in [3.8, 4) is 11.5 Å². The molecular weight excluding hydrogens is 406 g/mol. The van der Waals surface area contributed by atoms with Crippen molar-refractivity contribution in [2.24, 2.45) is 11.8 Å².